The Morgan fingerprint density at radius 3 is 2.81 bits per heavy atom. The second-order valence-corrected chi connectivity index (χ2v) is 4.93. The normalized spacial score (nSPS) is 23.0. The Bertz CT molecular complexity index is 318. The molecular formula is C14H22N2. The Hall–Kier alpha value is -0.860. The summed E-state index contributed by atoms with van der Waals surface area (Å²) in [6, 6.07) is 9.52. The Morgan fingerprint density at radius 2 is 2.06 bits per heavy atom. The topological polar surface area (TPSA) is 15.3 Å². The molecule has 1 saturated heterocycles. The fourth-order valence-electron chi connectivity index (χ4n) is 2.29. The molecule has 0 aromatic heterocycles. The first-order valence-corrected chi connectivity index (χ1v) is 6.25. The zero-order chi connectivity index (χ0) is 11.4. The Balaban J connectivity index is 1.95. The highest BCUT2D eigenvalue weighted by Crippen LogP contribution is 2.09. The minimum Gasteiger partial charge on any atom is -0.313 e. The van der Waals surface area contributed by atoms with Crippen molar-refractivity contribution in [2.75, 3.05) is 19.6 Å². The van der Waals surface area contributed by atoms with Crippen molar-refractivity contribution in [2.24, 2.45) is 0 Å². The van der Waals surface area contributed by atoms with Crippen molar-refractivity contribution < 1.29 is 0 Å². The zero-order valence-corrected chi connectivity index (χ0v) is 10.4. The van der Waals surface area contributed by atoms with E-state index >= 15 is 0 Å². The van der Waals surface area contributed by atoms with E-state index in [1.165, 1.54) is 24.1 Å². The molecule has 2 nitrogen and oxygen atoms in total. The van der Waals surface area contributed by atoms with Gasteiger partial charge in [0.2, 0.25) is 0 Å². The third-order valence-corrected chi connectivity index (χ3v) is 3.20. The van der Waals surface area contributed by atoms with Crippen LogP contribution in [0.5, 0.6) is 0 Å². The van der Waals surface area contributed by atoms with Gasteiger partial charge in [0.15, 0.2) is 0 Å². The maximum absolute atomic E-state index is 3.53. The summed E-state index contributed by atoms with van der Waals surface area (Å²) in [5.74, 6) is 0. The van der Waals surface area contributed by atoms with Gasteiger partial charge in [0.05, 0.1) is 0 Å². The van der Waals surface area contributed by atoms with Crippen molar-refractivity contribution in [3.63, 3.8) is 0 Å². The Labute approximate surface area is 98.7 Å². The lowest BCUT2D eigenvalue weighted by Crippen LogP contribution is -2.34. The summed E-state index contributed by atoms with van der Waals surface area (Å²) in [7, 11) is 0. The molecule has 2 heteroatoms. The average Bonchev–Trinajstić information content (AvgIpc) is 2.46. The third kappa shape index (κ3) is 3.32. The fourth-order valence-corrected chi connectivity index (χ4v) is 2.29. The molecule has 88 valence electrons. The van der Waals surface area contributed by atoms with Crippen molar-refractivity contribution in [1.29, 1.82) is 0 Å². The van der Waals surface area contributed by atoms with E-state index in [2.05, 4.69) is 48.3 Å². The number of benzene rings is 1. The fraction of sp³-hybridized carbons (Fsp3) is 0.571. The molecule has 0 aliphatic carbocycles. The van der Waals surface area contributed by atoms with Gasteiger partial charge in [-0.1, -0.05) is 29.8 Å². The standard InChI is InChI=1S/C14H22N2/c1-12-4-6-14(7-5-12)11-16-9-3-8-15-13(2)10-16/h4-7,13,15H,3,8-11H2,1-2H3. The quantitative estimate of drug-likeness (QED) is 0.818. The van der Waals surface area contributed by atoms with Crippen LogP contribution >= 0.6 is 0 Å². The zero-order valence-electron chi connectivity index (χ0n) is 10.4. The van der Waals surface area contributed by atoms with Crippen LogP contribution in [0.25, 0.3) is 0 Å². The van der Waals surface area contributed by atoms with Crippen LogP contribution in [0.15, 0.2) is 24.3 Å². The smallest absolute Gasteiger partial charge is 0.0234 e. The van der Waals surface area contributed by atoms with E-state index in [0.29, 0.717) is 6.04 Å². The van der Waals surface area contributed by atoms with Crippen molar-refractivity contribution in [2.45, 2.75) is 32.9 Å². The minimum atomic E-state index is 0.618. The molecule has 1 atom stereocenters. The maximum Gasteiger partial charge on any atom is 0.0234 e. The number of hydrogen-bond donors (Lipinski definition) is 1. The molecule has 1 heterocycles. The maximum atomic E-state index is 3.53. The van der Waals surface area contributed by atoms with Crippen LogP contribution in [-0.4, -0.2) is 30.6 Å². The van der Waals surface area contributed by atoms with Crippen molar-refractivity contribution >= 4 is 0 Å². The molecule has 1 aliphatic rings. The third-order valence-electron chi connectivity index (χ3n) is 3.20. The van der Waals surface area contributed by atoms with E-state index in [0.717, 1.165) is 19.6 Å². The van der Waals surface area contributed by atoms with Crippen LogP contribution in [0.4, 0.5) is 0 Å². The molecule has 1 aromatic rings. The highest BCUT2D eigenvalue weighted by atomic mass is 15.2. The van der Waals surface area contributed by atoms with E-state index in [1.807, 2.05) is 0 Å². The van der Waals surface area contributed by atoms with E-state index < -0.39 is 0 Å². The van der Waals surface area contributed by atoms with Gasteiger partial charge in [-0.2, -0.15) is 0 Å². The van der Waals surface area contributed by atoms with Crippen LogP contribution in [0.1, 0.15) is 24.5 Å². The molecule has 1 aliphatic heterocycles. The summed E-state index contributed by atoms with van der Waals surface area (Å²) >= 11 is 0. The van der Waals surface area contributed by atoms with Gasteiger partial charge in [-0.05, 0) is 38.9 Å². The lowest BCUT2D eigenvalue weighted by molar-refractivity contribution is 0.265. The molecule has 1 unspecified atom stereocenters. The summed E-state index contributed by atoms with van der Waals surface area (Å²) < 4.78 is 0. The molecule has 0 saturated carbocycles. The molecule has 0 bridgehead atoms. The summed E-state index contributed by atoms with van der Waals surface area (Å²) in [4.78, 5) is 2.55. The number of nitrogens with one attached hydrogen (secondary N) is 1. The van der Waals surface area contributed by atoms with Gasteiger partial charge in [-0.15, -0.1) is 0 Å². The van der Waals surface area contributed by atoms with Crippen LogP contribution in [0.3, 0.4) is 0 Å². The van der Waals surface area contributed by atoms with Crippen molar-refractivity contribution in [3.05, 3.63) is 35.4 Å². The monoisotopic (exact) mass is 218 g/mol. The first-order chi connectivity index (χ1) is 7.74. The molecule has 2 rings (SSSR count). The van der Waals surface area contributed by atoms with E-state index in [-0.39, 0.29) is 0 Å². The molecule has 16 heavy (non-hydrogen) atoms. The van der Waals surface area contributed by atoms with Gasteiger partial charge in [0.1, 0.15) is 0 Å². The molecular weight excluding hydrogens is 196 g/mol. The number of hydrogen-bond acceptors (Lipinski definition) is 2. The predicted molar refractivity (Wildman–Crippen MR) is 68.5 cm³/mol. The number of nitrogens with zero attached hydrogens (tertiary/aromatic N) is 1. The van der Waals surface area contributed by atoms with Gasteiger partial charge in [-0.3, -0.25) is 4.90 Å². The lowest BCUT2D eigenvalue weighted by Gasteiger charge is -2.22. The molecule has 0 spiro atoms. The first kappa shape index (κ1) is 11.6. The van der Waals surface area contributed by atoms with Crippen molar-refractivity contribution in [3.8, 4) is 0 Å². The largest absolute Gasteiger partial charge is 0.313 e. The molecule has 0 amide bonds. The highest BCUT2D eigenvalue weighted by molar-refractivity contribution is 5.21. The van der Waals surface area contributed by atoms with Gasteiger partial charge in [0, 0.05) is 19.1 Å². The second-order valence-electron chi connectivity index (χ2n) is 4.93. The van der Waals surface area contributed by atoms with Gasteiger partial charge >= 0.3 is 0 Å². The van der Waals surface area contributed by atoms with E-state index in [4.69, 9.17) is 0 Å². The Kier molecular flexibility index (Phi) is 3.97. The predicted octanol–water partition coefficient (Wildman–Crippen LogP) is 2.18. The molecule has 0 radical (unpaired) electrons. The van der Waals surface area contributed by atoms with Crippen LogP contribution in [0, 0.1) is 6.92 Å². The van der Waals surface area contributed by atoms with Gasteiger partial charge in [0.25, 0.3) is 0 Å². The number of rotatable bonds is 2. The van der Waals surface area contributed by atoms with Crippen LogP contribution < -0.4 is 5.32 Å². The van der Waals surface area contributed by atoms with E-state index in [9.17, 15) is 0 Å². The molecule has 1 aromatic carbocycles. The molecule has 1 N–H and O–H groups in total. The van der Waals surface area contributed by atoms with Crippen molar-refractivity contribution in [1.82, 2.24) is 10.2 Å². The van der Waals surface area contributed by atoms with Crippen LogP contribution in [-0.2, 0) is 6.54 Å². The highest BCUT2D eigenvalue weighted by Gasteiger charge is 2.13. The lowest BCUT2D eigenvalue weighted by atomic mass is 10.1. The number of aryl methyl sites for hydroxylation is 1. The SMILES string of the molecule is Cc1ccc(CN2CCCNC(C)C2)cc1. The summed E-state index contributed by atoms with van der Waals surface area (Å²) in [5, 5.41) is 3.53. The van der Waals surface area contributed by atoms with Crippen LogP contribution in [0.2, 0.25) is 0 Å². The van der Waals surface area contributed by atoms with E-state index in [1.54, 1.807) is 0 Å². The van der Waals surface area contributed by atoms with Gasteiger partial charge < -0.3 is 5.32 Å². The Morgan fingerprint density at radius 1 is 1.31 bits per heavy atom. The van der Waals surface area contributed by atoms with Gasteiger partial charge in [-0.25, -0.2) is 0 Å². The average molecular weight is 218 g/mol. The minimum absolute atomic E-state index is 0.618. The molecule has 1 fully saturated rings. The summed E-state index contributed by atoms with van der Waals surface area (Å²) in [6.07, 6.45) is 1.26. The summed E-state index contributed by atoms with van der Waals surface area (Å²) in [5.41, 5.74) is 2.77. The summed E-state index contributed by atoms with van der Waals surface area (Å²) in [6.45, 7) is 9.03. The second kappa shape index (κ2) is 5.46. The first-order valence-electron chi connectivity index (χ1n) is 6.25.